The number of carbonyl (C=O) groups excluding carboxylic acids is 1. The van der Waals surface area contributed by atoms with Crippen LogP contribution < -0.4 is 11.1 Å². The molecule has 2 aromatic heterocycles. The largest absolute Gasteiger partial charge is 0.383 e. The minimum absolute atomic E-state index is 0.134. The van der Waals surface area contributed by atoms with Gasteiger partial charge in [-0.2, -0.15) is 0 Å². The average molecular weight is 333 g/mol. The maximum atomic E-state index is 11.6. The van der Waals surface area contributed by atoms with Crippen LogP contribution in [0.1, 0.15) is 10.4 Å². The fourth-order valence-electron chi connectivity index (χ4n) is 1.31. The van der Waals surface area contributed by atoms with E-state index >= 15 is 0 Å². The number of fused-ring (bicyclic) bond motifs is 1. The molecule has 4 nitrogen and oxygen atoms in total. The molecule has 0 saturated carbocycles. The molecule has 2 heterocycles. The number of pyridine rings is 1. The van der Waals surface area contributed by atoms with Gasteiger partial charge < -0.3 is 11.1 Å². The molecule has 2 aromatic rings. The highest BCUT2D eigenvalue weighted by atomic mass is 127. The first-order valence-electron chi connectivity index (χ1n) is 4.19. The summed E-state index contributed by atoms with van der Waals surface area (Å²) in [6.45, 7) is 0. The molecule has 78 valence electrons. The summed E-state index contributed by atoms with van der Waals surface area (Å²) in [5, 5.41) is 3.44. The molecule has 0 aliphatic rings. The van der Waals surface area contributed by atoms with Crippen molar-refractivity contribution >= 4 is 55.7 Å². The fraction of sp³-hybridized carbons (Fsp3) is 0.111. The van der Waals surface area contributed by atoms with Gasteiger partial charge in [-0.3, -0.25) is 4.79 Å². The Bertz CT molecular complexity index is 537. The topological polar surface area (TPSA) is 68.0 Å². The van der Waals surface area contributed by atoms with Gasteiger partial charge in [0.1, 0.15) is 5.82 Å². The Hall–Kier alpha value is -0.890. The molecule has 1 amide bonds. The number of hydrogen-bond donors (Lipinski definition) is 2. The SMILES string of the molecule is CNC(=O)c1cnc(N)c2cc(I)sc12. The molecule has 6 heteroatoms. The standard InChI is InChI=1S/C9H8IN3OS/c1-12-9(14)5-3-13-8(11)4-2-6(10)15-7(4)5/h2-3H,1H3,(H2,11,13)(H,12,14). The monoisotopic (exact) mass is 333 g/mol. The minimum Gasteiger partial charge on any atom is -0.383 e. The number of aromatic nitrogens is 1. The third-order valence-electron chi connectivity index (χ3n) is 2.03. The lowest BCUT2D eigenvalue weighted by molar-refractivity contribution is 0.0964. The number of carbonyl (C=O) groups is 1. The molecule has 0 radical (unpaired) electrons. The van der Waals surface area contributed by atoms with E-state index in [9.17, 15) is 4.79 Å². The van der Waals surface area contributed by atoms with E-state index in [1.165, 1.54) is 6.20 Å². The predicted octanol–water partition coefficient (Wildman–Crippen LogP) is 1.84. The van der Waals surface area contributed by atoms with E-state index in [2.05, 4.69) is 32.9 Å². The number of nitrogens with two attached hydrogens (primary N) is 1. The number of amides is 1. The van der Waals surface area contributed by atoms with Gasteiger partial charge in [0.05, 0.1) is 13.1 Å². The number of nitrogens with zero attached hydrogens (tertiary/aromatic N) is 1. The maximum Gasteiger partial charge on any atom is 0.254 e. The van der Waals surface area contributed by atoms with Crippen LogP contribution in [0.5, 0.6) is 0 Å². The third kappa shape index (κ3) is 1.78. The van der Waals surface area contributed by atoms with Crippen molar-refractivity contribution in [1.82, 2.24) is 10.3 Å². The van der Waals surface area contributed by atoms with Crippen LogP contribution in [0.4, 0.5) is 5.82 Å². The summed E-state index contributed by atoms with van der Waals surface area (Å²) >= 11 is 3.75. The van der Waals surface area contributed by atoms with Crippen molar-refractivity contribution < 1.29 is 4.79 Å². The highest BCUT2D eigenvalue weighted by Crippen LogP contribution is 2.32. The molecule has 2 rings (SSSR count). The molecule has 0 unspecified atom stereocenters. The van der Waals surface area contributed by atoms with E-state index in [4.69, 9.17) is 5.73 Å². The quantitative estimate of drug-likeness (QED) is 0.783. The van der Waals surface area contributed by atoms with Crippen LogP contribution in [0.2, 0.25) is 0 Å². The molecule has 0 bridgehead atoms. The molecule has 0 saturated heterocycles. The summed E-state index contributed by atoms with van der Waals surface area (Å²) in [6.07, 6.45) is 1.52. The van der Waals surface area contributed by atoms with Crippen LogP contribution in [0, 0.1) is 2.88 Å². The van der Waals surface area contributed by atoms with Crippen molar-refractivity contribution in [2.45, 2.75) is 0 Å². The molecule has 0 aromatic carbocycles. The van der Waals surface area contributed by atoms with E-state index in [1.807, 2.05) is 6.07 Å². The van der Waals surface area contributed by atoms with Crippen LogP contribution in [0.15, 0.2) is 12.3 Å². The summed E-state index contributed by atoms with van der Waals surface area (Å²) in [7, 11) is 1.60. The van der Waals surface area contributed by atoms with E-state index in [-0.39, 0.29) is 5.91 Å². The van der Waals surface area contributed by atoms with Crippen molar-refractivity contribution in [3.05, 3.63) is 20.7 Å². The van der Waals surface area contributed by atoms with Crippen LogP contribution >= 0.6 is 33.9 Å². The van der Waals surface area contributed by atoms with E-state index in [0.29, 0.717) is 11.4 Å². The zero-order valence-corrected chi connectivity index (χ0v) is 10.8. The van der Waals surface area contributed by atoms with Crippen molar-refractivity contribution in [2.24, 2.45) is 0 Å². The number of nitrogens with one attached hydrogen (secondary N) is 1. The Kier molecular flexibility index (Phi) is 2.79. The van der Waals surface area contributed by atoms with Gasteiger partial charge in [0, 0.05) is 18.6 Å². The van der Waals surface area contributed by atoms with Crippen molar-refractivity contribution in [1.29, 1.82) is 0 Å². The van der Waals surface area contributed by atoms with Crippen molar-refractivity contribution in [2.75, 3.05) is 12.8 Å². The van der Waals surface area contributed by atoms with Gasteiger partial charge in [0.2, 0.25) is 0 Å². The van der Waals surface area contributed by atoms with Gasteiger partial charge in [0.25, 0.3) is 5.91 Å². The second kappa shape index (κ2) is 3.93. The highest BCUT2D eigenvalue weighted by molar-refractivity contribution is 14.1. The van der Waals surface area contributed by atoms with Crippen molar-refractivity contribution in [3.8, 4) is 0 Å². The Balaban J connectivity index is 2.76. The van der Waals surface area contributed by atoms with E-state index in [1.54, 1.807) is 18.4 Å². The number of hydrogen-bond acceptors (Lipinski definition) is 4. The van der Waals surface area contributed by atoms with E-state index < -0.39 is 0 Å². The summed E-state index contributed by atoms with van der Waals surface area (Å²) in [5.41, 5.74) is 6.32. The van der Waals surface area contributed by atoms with Crippen LogP contribution in [0.25, 0.3) is 10.1 Å². The lowest BCUT2D eigenvalue weighted by Gasteiger charge is -2.02. The second-order valence-electron chi connectivity index (χ2n) is 2.93. The minimum atomic E-state index is -0.134. The lowest BCUT2D eigenvalue weighted by atomic mass is 10.2. The molecule has 0 aliphatic carbocycles. The van der Waals surface area contributed by atoms with Crippen LogP contribution in [0.3, 0.4) is 0 Å². The molecule has 0 fully saturated rings. The zero-order chi connectivity index (χ0) is 11.0. The van der Waals surface area contributed by atoms with Gasteiger partial charge >= 0.3 is 0 Å². The first-order valence-corrected chi connectivity index (χ1v) is 6.08. The number of anilines is 1. The first kappa shape index (κ1) is 10.6. The van der Waals surface area contributed by atoms with Crippen LogP contribution in [-0.2, 0) is 0 Å². The molecule has 0 atom stereocenters. The molecule has 3 N–H and O–H groups in total. The number of halogens is 1. The Morgan fingerprint density at radius 2 is 2.40 bits per heavy atom. The smallest absolute Gasteiger partial charge is 0.254 e. The molecule has 0 spiro atoms. The summed E-state index contributed by atoms with van der Waals surface area (Å²) < 4.78 is 1.98. The Morgan fingerprint density at radius 1 is 1.67 bits per heavy atom. The first-order chi connectivity index (χ1) is 7.13. The lowest BCUT2D eigenvalue weighted by Crippen LogP contribution is -2.18. The Labute approximate surface area is 104 Å². The normalized spacial score (nSPS) is 10.5. The van der Waals surface area contributed by atoms with Crippen LogP contribution in [-0.4, -0.2) is 17.9 Å². The summed E-state index contributed by atoms with van der Waals surface area (Å²) in [6, 6.07) is 1.94. The van der Waals surface area contributed by atoms with Gasteiger partial charge in [-0.15, -0.1) is 11.3 Å². The Morgan fingerprint density at radius 3 is 3.07 bits per heavy atom. The summed E-state index contributed by atoms with van der Waals surface area (Å²) in [4.78, 5) is 15.6. The summed E-state index contributed by atoms with van der Waals surface area (Å²) in [5.74, 6) is 0.336. The van der Waals surface area contributed by atoms with E-state index in [0.717, 1.165) is 13.0 Å². The molecular weight excluding hydrogens is 325 g/mol. The third-order valence-corrected chi connectivity index (χ3v) is 3.96. The number of rotatable bonds is 1. The second-order valence-corrected chi connectivity index (χ2v) is 5.88. The predicted molar refractivity (Wildman–Crippen MR) is 70.1 cm³/mol. The fourth-order valence-corrected chi connectivity index (χ4v) is 3.18. The maximum absolute atomic E-state index is 11.6. The van der Waals surface area contributed by atoms with Crippen molar-refractivity contribution in [3.63, 3.8) is 0 Å². The molecule has 15 heavy (non-hydrogen) atoms. The van der Waals surface area contributed by atoms with Gasteiger partial charge in [-0.05, 0) is 28.7 Å². The highest BCUT2D eigenvalue weighted by Gasteiger charge is 2.13. The van der Waals surface area contributed by atoms with Gasteiger partial charge in [0.15, 0.2) is 0 Å². The van der Waals surface area contributed by atoms with Gasteiger partial charge in [-0.1, -0.05) is 0 Å². The van der Waals surface area contributed by atoms with Gasteiger partial charge in [-0.25, -0.2) is 4.98 Å². The molecule has 0 aliphatic heterocycles. The number of nitrogen functional groups attached to an aromatic ring is 1. The number of thiophene rings is 1. The average Bonchev–Trinajstić information content (AvgIpc) is 2.60. The molecular formula is C9H8IN3OS. The zero-order valence-electron chi connectivity index (χ0n) is 7.87.